The van der Waals surface area contributed by atoms with Crippen molar-refractivity contribution in [2.45, 2.75) is 50.2 Å². The predicted molar refractivity (Wildman–Crippen MR) is 123 cm³/mol. The first-order valence-corrected chi connectivity index (χ1v) is 11.5. The van der Waals surface area contributed by atoms with Crippen molar-refractivity contribution in [2.24, 2.45) is 0 Å². The van der Waals surface area contributed by atoms with Gasteiger partial charge in [-0.25, -0.2) is 0 Å². The molecule has 0 aliphatic carbocycles. The number of benzene rings is 2. The third-order valence-corrected chi connectivity index (χ3v) is 6.80. The highest BCUT2D eigenvalue weighted by atomic mass is 16.7. The van der Waals surface area contributed by atoms with Gasteiger partial charge in [-0.1, -0.05) is 6.42 Å². The largest absolute Gasteiger partial charge is 0.497 e. The summed E-state index contributed by atoms with van der Waals surface area (Å²) in [6.07, 6.45) is 4.95. The zero-order valence-corrected chi connectivity index (χ0v) is 18.7. The smallest absolute Gasteiger partial charge is 0.251 e. The Bertz CT molecular complexity index is 1010. The van der Waals surface area contributed by atoms with Gasteiger partial charge in [-0.05, 0) is 68.1 Å². The first kappa shape index (κ1) is 21.6. The van der Waals surface area contributed by atoms with Crippen LogP contribution < -0.4 is 24.8 Å². The number of carbonyl (C=O) groups is 2. The number of nitrogens with zero attached hydrogens (tertiary/aromatic N) is 1. The topological polar surface area (TPSA) is 89.1 Å². The minimum absolute atomic E-state index is 0.0140. The normalized spacial score (nSPS) is 23.6. The molecule has 2 unspecified atom stereocenters. The molecule has 0 saturated carbocycles. The molecule has 174 valence electrons. The standard InChI is InChI=1S/C25H29N3O5/c1-31-21-8-6-17(7-9-21)26-24(29)14-28-19-3-2-4-20(28)13-18(12-19)27-25(30)16-5-10-22-23(11-16)33-15-32-22/h5-11,18-20H,2-4,12-15H2,1H3,(H,26,29)(H,27,30). The van der Waals surface area contributed by atoms with Crippen molar-refractivity contribution < 1.29 is 23.8 Å². The molecule has 2 N–H and O–H groups in total. The van der Waals surface area contributed by atoms with E-state index in [0.717, 1.165) is 43.5 Å². The van der Waals surface area contributed by atoms with Crippen LogP contribution in [0.15, 0.2) is 42.5 Å². The maximum absolute atomic E-state index is 12.8. The number of methoxy groups -OCH3 is 1. The Hall–Kier alpha value is -3.26. The van der Waals surface area contributed by atoms with Gasteiger partial charge in [-0.3, -0.25) is 14.5 Å². The van der Waals surface area contributed by atoms with Crippen molar-refractivity contribution in [3.05, 3.63) is 48.0 Å². The molecule has 2 saturated heterocycles. The van der Waals surface area contributed by atoms with Crippen LogP contribution in [0.4, 0.5) is 5.69 Å². The number of hydrogen-bond acceptors (Lipinski definition) is 6. The van der Waals surface area contributed by atoms with Gasteiger partial charge in [0.05, 0.1) is 13.7 Å². The van der Waals surface area contributed by atoms with Crippen LogP contribution in [0.2, 0.25) is 0 Å². The first-order chi connectivity index (χ1) is 16.1. The summed E-state index contributed by atoms with van der Waals surface area (Å²) in [5.41, 5.74) is 1.34. The van der Waals surface area contributed by atoms with Gasteiger partial charge in [0.1, 0.15) is 5.75 Å². The third kappa shape index (κ3) is 4.75. The van der Waals surface area contributed by atoms with E-state index in [-0.39, 0.29) is 24.6 Å². The van der Waals surface area contributed by atoms with Crippen molar-refractivity contribution >= 4 is 17.5 Å². The van der Waals surface area contributed by atoms with Gasteiger partial charge in [0.15, 0.2) is 11.5 Å². The molecule has 33 heavy (non-hydrogen) atoms. The summed E-state index contributed by atoms with van der Waals surface area (Å²) in [4.78, 5) is 27.9. The van der Waals surface area contributed by atoms with Crippen LogP contribution in [-0.2, 0) is 4.79 Å². The zero-order valence-electron chi connectivity index (χ0n) is 18.7. The van der Waals surface area contributed by atoms with Crippen LogP contribution in [-0.4, -0.2) is 55.3 Å². The highest BCUT2D eigenvalue weighted by Gasteiger charge is 2.39. The number of carbonyl (C=O) groups excluding carboxylic acids is 2. The second-order valence-electron chi connectivity index (χ2n) is 8.90. The SMILES string of the molecule is COc1ccc(NC(=O)CN2C3CCCC2CC(NC(=O)c2ccc4c(c2)OCO4)C3)cc1. The van der Waals surface area contributed by atoms with Crippen LogP contribution in [0, 0.1) is 0 Å². The number of rotatable bonds is 6. The fourth-order valence-electron chi connectivity index (χ4n) is 5.20. The number of amides is 2. The van der Waals surface area contributed by atoms with Gasteiger partial charge in [0.2, 0.25) is 12.7 Å². The summed E-state index contributed by atoms with van der Waals surface area (Å²) in [6.45, 7) is 0.554. The lowest BCUT2D eigenvalue weighted by atomic mass is 9.81. The number of fused-ring (bicyclic) bond motifs is 3. The number of nitrogens with one attached hydrogen (secondary N) is 2. The van der Waals surface area contributed by atoms with Crippen LogP contribution in [0.25, 0.3) is 0 Å². The van der Waals surface area contributed by atoms with Gasteiger partial charge >= 0.3 is 0 Å². The Balaban J connectivity index is 1.18. The van der Waals surface area contributed by atoms with Gasteiger partial charge in [-0.15, -0.1) is 0 Å². The van der Waals surface area contributed by atoms with E-state index in [2.05, 4.69) is 15.5 Å². The lowest BCUT2D eigenvalue weighted by Gasteiger charge is -2.48. The Morgan fingerprint density at radius 1 is 1.03 bits per heavy atom. The van der Waals surface area contributed by atoms with Crippen molar-refractivity contribution in [3.63, 3.8) is 0 Å². The maximum atomic E-state index is 12.8. The van der Waals surface area contributed by atoms with E-state index in [0.29, 0.717) is 35.7 Å². The quantitative estimate of drug-likeness (QED) is 0.701. The van der Waals surface area contributed by atoms with Crippen molar-refractivity contribution in [1.29, 1.82) is 0 Å². The Morgan fingerprint density at radius 2 is 1.76 bits per heavy atom. The van der Waals surface area contributed by atoms with E-state index in [1.54, 1.807) is 25.3 Å². The average molecular weight is 452 g/mol. The molecule has 2 aromatic carbocycles. The average Bonchev–Trinajstić information content (AvgIpc) is 3.28. The molecule has 0 radical (unpaired) electrons. The summed E-state index contributed by atoms with van der Waals surface area (Å²) in [5.74, 6) is 1.92. The summed E-state index contributed by atoms with van der Waals surface area (Å²) in [6, 6.07) is 13.3. The summed E-state index contributed by atoms with van der Waals surface area (Å²) >= 11 is 0. The number of piperidine rings is 2. The van der Waals surface area contributed by atoms with E-state index in [1.807, 2.05) is 24.3 Å². The minimum atomic E-state index is -0.0953. The maximum Gasteiger partial charge on any atom is 0.251 e. The number of hydrogen-bond donors (Lipinski definition) is 2. The van der Waals surface area contributed by atoms with E-state index in [1.165, 1.54) is 0 Å². The molecular formula is C25H29N3O5. The molecule has 2 amide bonds. The van der Waals surface area contributed by atoms with Crippen LogP contribution in [0.1, 0.15) is 42.5 Å². The van der Waals surface area contributed by atoms with Crippen LogP contribution in [0.5, 0.6) is 17.2 Å². The van der Waals surface area contributed by atoms with Gasteiger partial charge in [0, 0.05) is 29.4 Å². The number of anilines is 1. The molecule has 8 nitrogen and oxygen atoms in total. The highest BCUT2D eigenvalue weighted by molar-refractivity contribution is 5.95. The monoisotopic (exact) mass is 451 g/mol. The summed E-state index contributed by atoms with van der Waals surface area (Å²) < 4.78 is 15.9. The van der Waals surface area contributed by atoms with E-state index in [9.17, 15) is 9.59 Å². The molecule has 3 aliphatic rings. The summed E-state index contributed by atoms with van der Waals surface area (Å²) in [7, 11) is 1.62. The van der Waals surface area contributed by atoms with Crippen molar-refractivity contribution in [1.82, 2.24) is 10.2 Å². The van der Waals surface area contributed by atoms with Gasteiger partial charge in [0.25, 0.3) is 5.91 Å². The number of ether oxygens (including phenoxy) is 3. The van der Waals surface area contributed by atoms with Crippen molar-refractivity contribution in [2.75, 3.05) is 25.8 Å². The molecule has 5 rings (SSSR count). The van der Waals surface area contributed by atoms with Crippen molar-refractivity contribution in [3.8, 4) is 17.2 Å². The molecule has 0 aromatic heterocycles. The van der Waals surface area contributed by atoms with Crippen LogP contribution in [0.3, 0.4) is 0 Å². The minimum Gasteiger partial charge on any atom is -0.497 e. The molecule has 3 heterocycles. The fraction of sp³-hybridized carbons (Fsp3) is 0.440. The third-order valence-electron chi connectivity index (χ3n) is 6.80. The molecule has 3 aliphatic heterocycles. The van der Waals surface area contributed by atoms with E-state index < -0.39 is 0 Å². The van der Waals surface area contributed by atoms with Gasteiger partial charge in [-0.2, -0.15) is 0 Å². The molecular weight excluding hydrogens is 422 g/mol. The zero-order chi connectivity index (χ0) is 22.8. The Kier molecular flexibility index (Phi) is 6.09. The van der Waals surface area contributed by atoms with E-state index in [4.69, 9.17) is 14.2 Å². The predicted octanol–water partition coefficient (Wildman–Crippen LogP) is 3.18. The highest BCUT2D eigenvalue weighted by Crippen LogP contribution is 2.35. The molecule has 0 spiro atoms. The lowest BCUT2D eigenvalue weighted by molar-refractivity contribution is -0.120. The second-order valence-corrected chi connectivity index (χ2v) is 8.90. The molecule has 2 aromatic rings. The second kappa shape index (κ2) is 9.31. The lowest BCUT2D eigenvalue weighted by Crippen LogP contribution is -2.58. The Labute approximate surface area is 193 Å². The van der Waals surface area contributed by atoms with E-state index >= 15 is 0 Å². The summed E-state index contributed by atoms with van der Waals surface area (Å²) in [5, 5.41) is 6.19. The first-order valence-electron chi connectivity index (χ1n) is 11.5. The molecule has 2 fully saturated rings. The Morgan fingerprint density at radius 3 is 2.48 bits per heavy atom. The van der Waals surface area contributed by atoms with Crippen LogP contribution >= 0.6 is 0 Å². The molecule has 8 heteroatoms. The molecule has 2 atom stereocenters. The fourth-order valence-corrected chi connectivity index (χ4v) is 5.20. The molecule has 2 bridgehead atoms. The van der Waals surface area contributed by atoms with Gasteiger partial charge < -0.3 is 24.8 Å².